The van der Waals surface area contributed by atoms with Gasteiger partial charge < -0.3 is 5.73 Å². The predicted molar refractivity (Wildman–Crippen MR) is 78.8 cm³/mol. The second-order valence-electron chi connectivity index (χ2n) is 5.99. The van der Waals surface area contributed by atoms with E-state index in [1.807, 2.05) is 0 Å². The molecule has 3 unspecified atom stereocenters. The van der Waals surface area contributed by atoms with Crippen molar-refractivity contribution in [3.63, 3.8) is 0 Å². The van der Waals surface area contributed by atoms with Crippen LogP contribution in [0.25, 0.3) is 0 Å². The molecule has 3 atom stereocenters. The zero-order valence-corrected chi connectivity index (χ0v) is 11.9. The molecule has 0 bridgehead atoms. The average molecular weight is 245 g/mol. The number of rotatable bonds is 5. The summed E-state index contributed by atoms with van der Waals surface area (Å²) in [6.45, 7) is 4.61. The molecule has 0 spiro atoms. The van der Waals surface area contributed by atoms with Gasteiger partial charge >= 0.3 is 0 Å². The van der Waals surface area contributed by atoms with Crippen molar-refractivity contribution in [2.45, 2.75) is 64.3 Å². The smallest absolute Gasteiger partial charge is 0.0110 e. The molecular weight excluding hydrogens is 218 g/mol. The molecule has 0 amide bonds. The Kier molecular flexibility index (Phi) is 4.82. The van der Waals surface area contributed by atoms with Gasteiger partial charge in [0.2, 0.25) is 0 Å². The Balaban J connectivity index is 2.05. The van der Waals surface area contributed by atoms with Crippen molar-refractivity contribution in [3.8, 4) is 0 Å². The first-order chi connectivity index (χ1) is 8.72. The van der Waals surface area contributed by atoms with Gasteiger partial charge in [0.1, 0.15) is 0 Å². The maximum Gasteiger partial charge on any atom is 0.0110 e. The van der Waals surface area contributed by atoms with Crippen LogP contribution < -0.4 is 5.73 Å². The highest BCUT2D eigenvalue weighted by atomic mass is 14.7. The summed E-state index contributed by atoms with van der Waals surface area (Å²) in [7, 11) is 0. The lowest BCUT2D eigenvalue weighted by Crippen LogP contribution is -2.32. The molecule has 0 heterocycles. The Morgan fingerprint density at radius 2 is 2.11 bits per heavy atom. The largest absolute Gasteiger partial charge is 0.327 e. The highest BCUT2D eigenvalue weighted by molar-refractivity contribution is 5.33. The lowest BCUT2D eigenvalue weighted by molar-refractivity contribution is 0.370. The van der Waals surface area contributed by atoms with Crippen molar-refractivity contribution < 1.29 is 0 Å². The quantitative estimate of drug-likeness (QED) is 0.824. The molecule has 18 heavy (non-hydrogen) atoms. The topological polar surface area (TPSA) is 26.0 Å². The van der Waals surface area contributed by atoms with E-state index in [1.165, 1.54) is 49.7 Å². The van der Waals surface area contributed by atoms with E-state index in [2.05, 4.69) is 38.1 Å². The van der Waals surface area contributed by atoms with Gasteiger partial charge in [0, 0.05) is 6.04 Å². The van der Waals surface area contributed by atoms with Gasteiger partial charge in [0.25, 0.3) is 0 Å². The van der Waals surface area contributed by atoms with Crippen LogP contribution in [0.2, 0.25) is 0 Å². The minimum atomic E-state index is 0.341. The fourth-order valence-corrected chi connectivity index (χ4v) is 3.48. The van der Waals surface area contributed by atoms with Crippen molar-refractivity contribution in [2.24, 2.45) is 11.7 Å². The number of hydrogen-bond acceptors (Lipinski definition) is 1. The summed E-state index contributed by atoms with van der Waals surface area (Å²) in [5.41, 5.74) is 9.56. The molecule has 1 aliphatic rings. The van der Waals surface area contributed by atoms with Crippen LogP contribution in [0.15, 0.2) is 24.3 Å². The normalized spacial score (nSPS) is 22.3. The molecule has 0 saturated heterocycles. The van der Waals surface area contributed by atoms with E-state index in [0.717, 1.165) is 5.92 Å². The van der Waals surface area contributed by atoms with E-state index >= 15 is 0 Å². The number of fused-ring (bicyclic) bond motifs is 1. The second-order valence-corrected chi connectivity index (χ2v) is 5.99. The van der Waals surface area contributed by atoms with Crippen LogP contribution in [-0.2, 0) is 6.42 Å². The SMILES string of the molecule is CCCC(C)CC(N)C1CCCc2ccccc21. The van der Waals surface area contributed by atoms with Gasteiger partial charge in [-0.25, -0.2) is 0 Å². The Labute approximate surface area is 112 Å². The first-order valence-corrected chi connectivity index (χ1v) is 7.55. The number of nitrogens with two attached hydrogens (primary N) is 1. The summed E-state index contributed by atoms with van der Waals surface area (Å²) >= 11 is 0. The van der Waals surface area contributed by atoms with Gasteiger partial charge in [-0.3, -0.25) is 0 Å². The van der Waals surface area contributed by atoms with Gasteiger partial charge in [-0.15, -0.1) is 0 Å². The lowest BCUT2D eigenvalue weighted by Gasteiger charge is -2.31. The van der Waals surface area contributed by atoms with E-state index in [0.29, 0.717) is 12.0 Å². The Morgan fingerprint density at radius 3 is 2.89 bits per heavy atom. The second kappa shape index (κ2) is 6.38. The molecule has 100 valence electrons. The van der Waals surface area contributed by atoms with Gasteiger partial charge in [0.15, 0.2) is 0 Å². The summed E-state index contributed by atoms with van der Waals surface area (Å²) in [5, 5.41) is 0. The third-order valence-corrected chi connectivity index (χ3v) is 4.39. The highest BCUT2D eigenvalue weighted by Gasteiger charge is 2.26. The highest BCUT2D eigenvalue weighted by Crippen LogP contribution is 2.35. The number of hydrogen-bond donors (Lipinski definition) is 1. The third kappa shape index (κ3) is 3.14. The Hall–Kier alpha value is -0.820. The molecule has 0 saturated carbocycles. The maximum atomic E-state index is 6.49. The molecule has 0 radical (unpaired) electrons. The number of aryl methyl sites for hydroxylation is 1. The zero-order chi connectivity index (χ0) is 13.0. The van der Waals surface area contributed by atoms with E-state index < -0.39 is 0 Å². The molecule has 0 aromatic heterocycles. The molecule has 2 rings (SSSR count). The van der Waals surface area contributed by atoms with Crippen LogP contribution in [0, 0.1) is 5.92 Å². The fraction of sp³-hybridized carbons (Fsp3) is 0.647. The van der Waals surface area contributed by atoms with Crippen LogP contribution >= 0.6 is 0 Å². The van der Waals surface area contributed by atoms with Crippen LogP contribution in [-0.4, -0.2) is 6.04 Å². The van der Waals surface area contributed by atoms with E-state index in [1.54, 1.807) is 0 Å². The molecule has 2 N–H and O–H groups in total. The van der Waals surface area contributed by atoms with Crippen molar-refractivity contribution in [1.29, 1.82) is 0 Å². The Morgan fingerprint density at radius 1 is 1.33 bits per heavy atom. The van der Waals surface area contributed by atoms with Crippen molar-refractivity contribution >= 4 is 0 Å². The van der Waals surface area contributed by atoms with Crippen molar-refractivity contribution in [2.75, 3.05) is 0 Å². The van der Waals surface area contributed by atoms with E-state index in [9.17, 15) is 0 Å². The first-order valence-electron chi connectivity index (χ1n) is 7.55. The van der Waals surface area contributed by atoms with Crippen molar-refractivity contribution in [3.05, 3.63) is 35.4 Å². The molecule has 1 nitrogen and oxygen atoms in total. The summed E-state index contributed by atoms with van der Waals surface area (Å²) in [6.07, 6.45) is 7.57. The zero-order valence-electron chi connectivity index (χ0n) is 11.9. The van der Waals surface area contributed by atoms with Gasteiger partial charge in [-0.1, -0.05) is 51.0 Å². The van der Waals surface area contributed by atoms with Gasteiger partial charge in [-0.05, 0) is 48.6 Å². The molecule has 1 aromatic carbocycles. The van der Waals surface area contributed by atoms with Gasteiger partial charge in [-0.2, -0.15) is 0 Å². The minimum Gasteiger partial charge on any atom is -0.327 e. The minimum absolute atomic E-state index is 0.341. The number of benzene rings is 1. The van der Waals surface area contributed by atoms with Crippen molar-refractivity contribution in [1.82, 2.24) is 0 Å². The van der Waals surface area contributed by atoms with E-state index in [4.69, 9.17) is 5.73 Å². The van der Waals surface area contributed by atoms with Crippen LogP contribution in [0.3, 0.4) is 0 Å². The molecule has 1 aliphatic carbocycles. The summed E-state index contributed by atoms with van der Waals surface area (Å²) in [6, 6.07) is 9.24. The molecule has 1 heteroatoms. The molecule has 1 aromatic rings. The van der Waals surface area contributed by atoms with Gasteiger partial charge in [0.05, 0.1) is 0 Å². The maximum absolute atomic E-state index is 6.49. The van der Waals surface area contributed by atoms with Crippen LogP contribution in [0.5, 0.6) is 0 Å². The van der Waals surface area contributed by atoms with E-state index in [-0.39, 0.29) is 0 Å². The van der Waals surface area contributed by atoms with Crippen LogP contribution in [0.1, 0.15) is 63.0 Å². The molecule has 0 aliphatic heterocycles. The first kappa shape index (κ1) is 13.6. The summed E-state index contributed by atoms with van der Waals surface area (Å²) in [5.74, 6) is 1.35. The Bertz CT molecular complexity index is 372. The third-order valence-electron chi connectivity index (χ3n) is 4.39. The average Bonchev–Trinajstić information content (AvgIpc) is 2.38. The lowest BCUT2D eigenvalue weighted by atomic mass is 9.76. The van der Waals surface area contributed by atoms with Crippen LogP contribution in [0.4, 0.5) is 0 Å². The monoisotopic (exact) mass is 245 g/mol. The predicted octanol–water partition coefficient (Wildman–Crippen LogP) is 4.26. The molecular formula is C17H27N. The molecule has 0 fully saturated rings. The summed E-state index contributed by atoms with van der Waals surface area (Å²) < 4.78 is 0. The summed E-state index contributed by atoms with van der Waals surface area (Å²) in [4.78, 5) is 0. The fourth-order valence-electron chi connectivity index (χ4n) is 3.48. The standard InChI is InChI=1S/C17H27N/c1-3-7-13(2)12-17(18)16-11-6-9-14-8-4-5-10-15(14)16/h4-5,8,10,13,16-17H,3,6-7,9,11-12,18H2,1-2H3.